The zero-order chi connectivity index (χ0) is 25.9. The molecule has 0 saturated carbocycles. The standard InChI is InChI=1S/C28H30ClN3O5/c29-23-3-1-18(2-4-23)13-30-26(35)12-21-15-32-25(22(16-33)17-34)11-20-9-19(10-24(27(20)32)28(21)36)14-31-5-7-37-8-6-31/h1-4,9-11,15,22,33-34H,5-8,12-14,16-17H2,(H,30,35). The van der Waals surface area contributed by atoms with Crippen molar-refractivity contribution in [3.63, 3.8) is 0 Å². The number of nitrogens with zero attached hydrogens (tertiary/aromatic N) is 2. The molecule has 9 heteroatoms. The molecular weight excluding hydrogens is 494 g/mol. The van der Waals surface area contributed by atoms with Crippen molar-refractivity contribution in [2.75, 3.05) is 39.5 Å². The van der Waals surface area contributed by atoms with Gasteiger partial charge in [0.15, 0.2) is 5.43 Å². The molecule has 5 rings (SSSR count). The highest BCUT2D eigenvalue weighted by molar-refractivity contribution is 6.30. The zero-order valence-corrected chi connectivity index (χ0v) is 21.2. The largest absolute Gasteiger partial charge is 0.396 e. The number of aliphatic hydroxyl groups excluding tert-OH is 2. The molecule has 1 saturated heterocycles. The third-order valence-electron chi connectivity index (χ3n) is 6.97. The molecule has 1 amide bonds. The first-order valence-corrected chi connectivity index (χ1v) is 12.8. The number of aromatic nitrogens is 1. The van der Waals surface area contributed by atoms with Crippen LogP contribution in [0.1, 0.15) is 28.3 Å². The van der Waals surface area contributed by atoms with Crippen LogP contribution in [0.25, 0.3) is 16.3 Å². The summed E-state index contributed by atoms with van der Waals surface area (Å²) in [5.74, 6) is -0.777. The lowest BCUT2D eigenvalue weighted by Gasteiger charge is -2.26. The van der Waals surface area contributed by atoms with Crippen molar-refractivity contribution in [2.24, 2.45) is 0 Å². The average Bonchev–Trinajstić information content (AvgIpc) is 3.26. The van der Waals surface area contributed by atoms with Crippen molar-refractivity contribution in [1.82, 2.24) is 14.6 Å². The molecule has 4 aromatic rings. The van der Waals surface area contributed by atoms with Gasteiger partial charge in [-0.2, -0.15) is 0 Å². The van der Waals surface area contributed by atoms with E-state index in [-0.39, 0.29) is 31.0 Å². The van der Waals surface area contributed by atoms with Gasteiger partial charge in [0.2, 0.25) is 5.91 Å². The van der Waals surface area contributed by atoms with Gasteiger partial charge in [0, 0.05) is 65.3 Å². The van der Waals surface area contributed by atoms with Crippen LogP contribution in [0, 0.1) is 0 Å². The van der Waals surface area contributed by atoms with Crippen molar-refractivity contribution in [2.45, 2.75) is 25.4 Å². The van der Waals surface area contributed by atoms with Crippen molar-refractivity contribution < 1.29 is 19.7 Å². The lowest BCUT2D eigenvalue weighted by molar-refractivity contribution is -0.120. The van der Waals surface area contributed by atoms with E-state index in [9.17, 15) is 19.8 Å². The van der Waals surface area contributed by atoms with E-state index in [2.05, 4.69) is 16.3 Å². The average molecular weight is 524 g/mol. The van der Waals surface area contributed by atoms with Crippen molar-refractivity contribution >= 4 is 33.8 Å². The summed E-state index contributed by atoms with van der Waals surface area (Å²) in [6, 6.07) is 13.1. The molecule has 3 N–H and O–H groups in total. The Morgan fingerprint density at radius 1 is 1.05 bits per heavy atom. The molecule has 8 nitrogen and oxygen atoms in total. The first-order chi connectivity index (χ1) is 18.0. The van der Waals surface area contributed by atoms with E-state index in [1.165, 1.54) is 0 Å². The van der Waals surface area contributed by atoms with Gasteiger partial charge in [-0.25, -0.2) is 0 Å². The van der Waals surface area contributed by atoms with Gasteiger partial charge in [-0.05, 0) is 41.5 Å². The molecule has 2 aromatic carbocycles. The number of aliphatic hydroxyl groups is 2. The van der Waals surface area contributed by atoms with E-state index >= 15 is 0 Å². The van der Waals surface area contributed by atoms with Crippen LogP contribution >= 0.6 is 11.6 Å². The second-order valence-electron chi connectivity index (χ2n) is 9.53. The molecule has 194 valence electrons. The molecule has 0 atom stereocenters. The molecule has 1 aliphatic heterocycles. The second kappa shape index (κ2) is 11.2. The fraction of sp³-hybridized carbons (Fsp3) is 0.357. The third kappa shape index (κ3) is 5.49. The van der Waals surface area contributed by atoms with Crippen LogP contribution < -0.4 is 10.7 Å². The third-order valence-corrected chi connectivity index (χ3v) is 7.22. The molecule has 37 heavy (non-hydrogen) atoms. The molecule has 2 aromatic heterocycles. The maximum atomic E-state index is 13.6. The van der Waals surface area contributed by atoms with Gasteiger partial charge in [-0.3, -0.25) is 14.5 Å². The van der Waals surface area contributed by atoms with Crippen LogP contribution in [0.5, 0.6) is 0 Å². The number of hydrogen-bond donors (Lipinski definition) is 3. The summed E-state index contributed by atoms with van der Waals surface area (Å²) < 4.78 is 7.31. The van der Waals surface area contributed by atoms with Gasteiger partial charge in [-0.15, -0.1) is 0 Å². The minimum atomic E-state index is -0.507. The monoisotopic (exact) mass is 523 g/mol. The Balaban J connectivity index is 1.50. The SMILES string of the molecule is O=C(Cc1cn2c(C(CO)CO)cc3cc(CN4CCOCC4)cc(c1=O)c32)NCc1ccc(Cl)cc1. The van der Waals surface area contributed by atoms with Crippen LogP contribution in [0.2, 0.25) is 5.02 Å². The number of pyridine rings is 1. The Morgan fingerprint density at radius 3 is 2.49 bits per heavy atom. The number of morpholine rings is 1. The predicted molar refractivity (Wildman–Crippen MR) is 142 cm³/mol. The summed E-state index contributed by atoms with van der Waals surface area (Å²) in [5, 5.41) is 24.7. The zero-order valence-electron chi connectivity index (χ0n) is 20.5. The molecule has 0 radical (unpaired) electrons. The second-order valence-corrected chi connectivity index (χ2v) is 9.97. The van der Waals surface area contributed by atoms with Gasteiger partial charge in [0.05, 0.1) is 38.4 Å². The van der Waals surface area contributed by atoms with E-state index in [4.69, 9.17) is 16.3 Å². The van der Waals surface area contributed by atoms with Crippen LogP contribution in [-0.4, -0.2) is 64.9 Å². The number of ether oxygens (including phenoxy) is 1. The van der Waals surface area contributed by atoms with Gasteiger partial charge < -0.3 is 24.7 Å². The number of carbonyl (C=O) groups is 1. The number of halogens is 1. The first kappa shape index (κ1) is 25.6. The fourth-order valence-electron chi connectivity index (χ4n) is 4.99. The number of rotatable bonds is 9. The van der Waals surface area contributed by atoms with Gasteiger partial charge in [-0.1, -0.05) is 23.7 Å². The molecule has 0 aliphatic carbocycles. The maximum Gasteiger partial charge on any atom is 0.224 e. The van der Waals surface area contributed by atoms with E-state index in [1.54, 1.807) is 18.3 Å². The van der Waals surface area contributed by atoms with E-state index in [1.807, 2.05) is 28.7 Å². The van der Waals surface area contributed by atoms with Crippen LogP contribution in [0.15, 0.2) is 53.5 Å². The molecule has 0 bridgehead atoms. The smallest absolute Gasteiger partial charge is 0.224 e. The molecular formula is C28H30ClN3O5. The predicted octanol–water partition coefficient (Wildman–Crippen LogP) is 2.30. The summed E-state index contributed by atoms with van der Waals surface area (Å²) >= 11 is 5.93. The minimum Gasteiger partial charge on any atom is -0.396 e. The lowest BCUT2D eigenvalue weighted by Crippen LogP contribution is -2.35. The number of carbonyl (C=O) groups excluding carboxylic acids is 1. The first-order valence-electron chi connectivity index (χ1n) is 12.4. The van der Waals surface area contributed by atoms with Gasteiger partial charge in [0.25, 0.3) is 0 Å². The van der Waals surface area contributed by atoms with Crippen LogP contribution in [0.3, 0.4) is 0 Å². The van der Waals surface area contributed by atoms with E-state index in [0.717, 1.165) is 35.1 Å². The van der Waals surface area contributed by atoms with Gasteiger partial charge >= 0.3 is 0 Å². The number of benzene rings is 2. The normalized spacial score (nSPS) is 14.7. The summed E-state index contributed by atoms with van der Waals surface area (Å²) in [6.07, 6.45) is 1.59. The van der Waals surface area contributed by atoms with Crippen molar-refractivity contribution in [3.05, 3.63) is 86.3 Å². The molecule has 1 aliphatic rings. The highest BCUT2D eigenvalue weighted by atomic mass is 35.5. The summed E-state index contributed by atoms with van der Waals surface area (Å²) in [6.45, 7) is 3.55. The van der Waals surface area contributed by atoms with Crippen molar-refractivity contribution in [3.8, 4) is 0 Å². The van der Waals surface area contributed by atoms with E-state index in [0.29, 0.717) is 48.0 Å². The Labute approximate surface area is 219 Å². The van der Waals surface area contributed by atoms with Crippen LogP contribution in [-0.2, 0) is 29.0 Å². The molecule has 3 heterocycles. The molecule has 0 spiro atoms. The van der Waals surface area contributed by atoms with Gasteiger partial charge in [0.1, 0.15) is 0 Å². The maximum absolute atomic E-state index is 13.6. The Morgan fingerprint density at radius 2 is 1.78 bits per heavy atom. The molecule has 1 fully saturated rings. The number of hydrogen-bond acceptors (Lipinski definition) is 6. The number of nitrogens with one attached hydrogen (secondary N) is 1. The van der Waals surface area contributed by atoms with Crippen LogP contribution in [0.4, 0.5) is 0 Å². The highest BCUT2D eigenvalue weighted by Crippen LogP contribution is 2.30. The summed E-state index contributed by atoms with van der Waals surface area (Å²) in [5.41, 5.74) is 3.52. The summed E-state index contributed by atoms with van der Waals surface area (Å²) in [4.78, 5) is 28.7. The Kier molecular flexibility index (Phi) is 7.73. The fourth-order valence-corrected chi connectivity index (χ4v) is 5.11. The Bertz CT molecular complexity index is 1440. The minimum absolute atomic E-state index is 0.0818. The molecule has 0 unspecified atom stereocenters. The van der Waals surface area contributed by atoms with E-state index < -0.39 is 5.92 Å². The quantitative estimate of drug-likeness (QED) is 0.311. The number of amides is 1. The van der Waals surface area contributed by atoms with Crippen molar-refractivity contribution in [1.29, 1.82) is 0 Å². The highest BCUT2D eigenvalue weighted by Gasteiger charge is 2.22. The Hall–Kier alpha value is -3.01. The topological polar surface area (TPSA) is 104 Å². The summed E-state index contributed by atoms with van der Waals surface area (Å²) in [7, 11) is 0. The lowest BCUT2D eigenvalue weighted by atomic mass is 10.0.